The van der Waals surface area contributed by atoms with Crippen molar-refractivity contribution in [1.82, 2.24) is 4.98 Å². The Kier molecular flexibility index (Phi) is 6.40. The molecular weight excluding hydrogens is 284 g/mol. The highest BCUT2D eigenvalue weighted by molar-refractivity contribution is 5.84. The fourth-order valence-electron chi connectivity index (χ4n) is 2.69. The minimum absolute atomic E-state index is 0.426. The second-order valence-electron chi connectivity index (χ2n) is 6.70. The van der Waals surface area contributed by atoms with Gasteiger partial charge in [0.1, 0.15) is 23.0 Å². The van der Waals surface area contributed by atoms with E-state index in [9.17, 15) is 0 Å². The van der Waals surface area contributed by atoms with Gasteiger partial charge in [-0.3, -0.25) is 0 Å². The molecule has 0 aliphatic rings. The van der Waals surface area contributed by atoms with Crippen LogP contribution in [0.3, 0.4) is 0 Å². The van der Waals surface area contributed by atoms with Crippen LogP contribution in [0, 0.1) is 23.2 Å². The number of aromatic nitrogens is 1. The molecule has 0 radical (unpaired) electrons. The highest BCUT2D eigenvalue weighted by Crippen LogP contribution is 2.24. The number of rotatable bonds is 8. The first-order valence-corrected chi connectivity index (χ1v) is 8.53. The molecule has 0 aliphatic heterocycles. The first-order valence-electron chi connectivity index (χ1n) is 8.53. The van der Waals surface area contributed by atoms with Crippen LogP contribution in [-0.4, -0.2) is 11.6 Å². The predicted molar refractivity (Wildman–Crippen MR) is 94.4 cm³/mol. The summed E-state index contributed by atoms with van der Waals surface area (Å²) in [5.74, 6) is 2.23. The SMILES string of the molecule is CC(C)CCCC(C)CCOc1cccc2ccc(C#N)nc12. The van der Waals surface area contributed by atoms with E-state index in [4.69, 9.17) is 10.00 Å². The van der Waals surface area contributed by atoms with Gasteiger partial charge >= 0.3 is 0 Å². The number of ether oxygens (including phenoxy) is 1. The summed E-state index contributed by atoms with van der Waals surface area (Å²) >= 11 is 0. The Hall–Kier alpha value is -2.08. The van der Waals surface area contributed by atoms with Crippen LogP contribution in [0.5, 0.6) is 5.75 Å². The Morgan fingerprint density at radius 2 is 1.91 bits per heavy atom. The van der Waals surface area contributed by atoms with Gasteiger partial charge in [0, 0.05) is 5.39 Å². The zero-order chi connectivity index (χ0) is 16.7. The van der Waals surface area contributed by atoms with E-state index >= 15 is 0 Å². The molecule has 23 heavy (non-hydrogen) atoms. The van der Waals surface area contributed by atoms with Crippen molar-refractivity contribution in [1.29, 1.82) is 5.26 Å². The number of nitriles is 1. The molecule has 1 unspecified atom stereocenters. The molecule has 2 rings (SSSR count). The third-order valence-electron chi connectivity index (χ3n) is 4.14. The van der Waals surface area contributed by atoms with Crippen molar-refractivity contribution in [3.8, 4) is 11.8 Å². The van der Waals surface area contributed by atoms with E-state index in [1.807, 2.05) is 24.3 Å². The van der Waals surface area contributed by atoms with Gasteiger partial charge < -0.3 is 4.74 Å². The van der Waals surface area contributed by atoms with Crippen molar-refractivity contribution in [2.75, 3.05) is 6.61 Å². The van der Waals surface area contributed by atoms with Gasteiger partial charge in [-0.25, -0.2) is 4.98 Å². The molecule has 0 saturated heterocycles. The summed E-state index contributed by atoms with van der Waals surface area (Å²) in [5.41, 5.74) is 1.20. The topological polar surface area (TPSA) is 45.9 Å². The van der Waals surface area contributed by atoms with Crippen molar-refractivity contribution < 1.29 is 4.74 Å². The number of para-hydroxylation sites is 1. The van der Waals surface area contributed by atoms with Crippen molar-refractivity contribution in [2.45, 2.75) is 46.5 Å². The standard InChI is InChI=1S/C20H26N2O/c1-15(2)6-4-7-16(3)12-13-23-19-9-5-8-17-10-11-18(14-21)22-20(17)19/h5,8-11,15-16H,4,6-7,12-13H2,1-3H3. The first kappa shape index (κ1) is 17.3. The average Bonchev–Trinajstić information content (AvgIpc) is 2.54. The lowest BCUT2D eigenvalue weighted by atomic mass is 9.98. The van der Waals surface area contributed by atoms with Gasteiger partial charge in [-0.15, -0.1) is 0 Å². The molecule has 0 saturated carbocycles. The van der Waals surface area contributed by atoms with Gasteiger partial charge in [-0.1, -0.05) is 52.2 Å². The van der Waals surface area contributed by atoms with E-state index in [0.717, 1.165) is 29.0 Å². The van der Waals surface area contributed by atoms with Crippen molar-refractivity contribution >= 4 is 10.9 Å². The molecular formula is C20H26N2O. The van der Waals surface area contributed by atoms with Gasteiger partial charge in [-0.2, -0.15) is 5.26 Å². The molecule has 1 aromatic carbocycles. The molecule has 0 N–H and O–H groups in total. The lowest BCUT2D eigenvalue weighted by Crippen LogP contribution is -2.05. The molecule has 0 aliphatic carbocycles. The zero-order valence-corrected chi connectivity index (χ0v) is 14.4. The van der Waals surface area contributed by atoms with Crippen molar-refractivity contribution in [3.63, 3.8) is 0 Å². The van der Waals surface area contributed by atoms with Crippen molar-refractivity contribution in [2.24, 2.45) is 11.8 Å². The quantitative estimate of drug-likeness (QED) is 0.661. The van der Waals surface area contributed by atoms with Gasteiger partial charge in [0.15, 0.2) is 0 Å². The predicted octanol–water partition coefficient (Wildman–Crippen LogP) is 5.34. The lowest BCUT2D eigenvalue weighted by Gasteiger charge is -2.14. The Morgan fingerprint density at radius 3 is 2.65 bits per heavy atom. The maximum Gasteiger partial charge on any atom is 0.145 e. The Morgan fingerprint density at radius 1 is 1.09 bits per heavy atom. The van der Waals surface area contributed by atoms with Gasteiger partial charge in [0.2, 0.25) is 0 Å². The monoisotopic (exact) mass is 310 g/mol. The minimum atomic E-state index is 0.426. The van der Waals surface area contributed by atoms with Crippen molar-refractivity contribution in [3.05, 3.63) is 36.0 Å². The normalized spacial score (nSPS) is 12.3. The third kappa shape index (κ3) is 5.25. The first-order chi connectivity index (χ1) is 11.1. The number of hydrogen-bond acceptors (Lipinski definition) is 3. The van der Waals surface area contributed by atoms with Crippen LogP contribution >= 0.6 is 0 Å². The Bertz CT molecular complexity index is 673. The second kappa shape index (κ2) is 8.53. The van der Waals surface area contributed by atoms with Crippen LogP contribution in [0.15, 0.2) is 30.3 Å². The highest BCUT2D eigenvalue weighted by atomic mass is 16.5. The minimum Gasteiger partial charge on any atom is -0.491 e. The van der Waals surface area contributed by atoms with E-state index in [2.05, 4.69) is 31.8 Å². The summed E-state index contributed by atoms with van der Waals surface area (Å²) in [6, 6.07) is 11.6. The van der Waals surface area contributed by atoms with Crippen LogP contribution in [0.25, 0.3) is 10.9 Å². The second-order valence-corrected chi connectivity index (χ2v) is 6.70. The molecule has 0 amide bonds. The smallest absolute Gasteiger partial charge is 0.145 e. The highest BCUT2D eigenvalue weighted by Gasteiger charge is 2.07. The van der Waals surface area contributed by atoms with Gasteiger partial charge in [-0.05, 0) is 36.5 Å². The number of pyridine rings is 1. The number of nitrogens with zero attached hydrogens (tertiary/aromatic N) is 2. The number of benzene rings is 1. The van der Waals surface area contributed by atoms with Crippen LogP contribution in [-0.2, 0) is 0 Å². The molecule has 1 aromatic heterocycles. The Labute approximate surface area is 139 Å². The average molecular weight is 310 g/mol. The zero-order valence-electron chi connectivity index (χ0n) is 14.4. The third-order valence-corrected chi connectivity index (χ3v) is 4.14. The van der Waals surface area contributed by atoms with Crippen LogP contribution < -0.4 is 4.74 Å². The molecule has 1 heterocycles. The molecule has 0 fully saturated rings. The molecule has 3 heteroatoms. The maximum absolute atomic E-state index is 9.00. The lowest BCUT2D eigenvalue weighted by molar-refractivity contribution is 0.278. The molecule has 1 atom stereocenters. The summed E-state index contributed by atoms with van der Waals surface area (Å²) < 4.78 is 5.94. The fourth-order valence-corrected chi connectivity index (χ4v) is 2.69. The number of hydrogen-bond donors (Lipinski definition) is 0. The summed E-state index contributed by atoms with van der Waals surface area (Å²) in [4.78, 5) is 4.37. The van der Waals surface area contributed by atoms with Crippen LogP contribution in [0.4, 0.5) is 0 Å². The van der Waals surface area contributed by atoms with E-state index in [1.54, 1.807) is 6.07 Å². The molecule has 122 valence electrons. The van der Waals surface area contributed by atoms with E-state index in [1.165, 1.54) is 19.3 Å². The van der Waals surface area contributed by atoms with Crippen LogP contribution in [0.1, 0.15) is 52.1 Å². The Balaban J connectivity index is 1.91. The van der Waals surface area contributed by atoms with Gasteiger partial charge in [0.25, 0.3) is 0 Å². The van der Waals surface area contributed by atoms with Gasteiger partial charge in [0.05, 0.1) is 6.61 Å². The number of fused-ring (bicyclic) bond motifs is 1. The molecule has 3 nitrogen and oxygen atoms in total. The molecule has 0 bridgehead atoms. The molecule has 0 spiro atoms. The van der Waals surface area contributed by atoms with E-state index in [0.29, 0.717) is 18.2 Å². The largest absolute Gasteiger partial charge is 0.491 e. The summed E-state index contributed by atoms with van der Waals surface area (Å²) in [6.45, 7) is 7.53. The summed E-state index contributed by atoms with van der Waals surface area (Å²) in [5, 5.41) is 10.0. The fraction of sp³-hybridized carbons (Fsp3) is 0.500. The van der Waals surface area contributed by atoms with E-state index in [-0.39, 0.29) is 0 Å². The summed E-state index contributed by atoms with van der Waals surface area (Å²) in [7, 11) is 0. The summed E-state index contributed by atoms with van der Waals surface area (Å²) in [6.07, 6.45) is 4.90. The maximum atomic E-state index is 9.00. The van der Waals surface area contributed by atoms with Crippen LogP contribution in [0.2, 0.25) is 0 Å². The van der Waals surface area contributed by atoms with E-state index < -0.39 is 0 Å². The molecule has 2 aromatic rings.